The molecule has 0 spiro atoms. The van der Waals surface area contributed by atoms with Crippen LogP contribution < -0.4 is 10.6 Å². The third-order valence-electron chi connectivity index (χ3n) is 2.60. The first-order valence-electron chi connectivity index (χ1n) is 5.03. The third kappa shape index (κ3) is 1.77. The van der Waals surface area contributed by atoms with Gasteiger partial charge in [0.2, 0.25) is 12.2 Å². The molecule has 2 N–H and O–H groups in total. The number of likely N-dealkylation sites (N-methyl/N-ethyl adjacent to an activating group) is 1. The minimum atomic E-state index is 0.687. The number of nitriles is 1. The highest BCUT2D eigenvalue weighted by Crippen LogP contribution is 2.20. The molecule has 1 saturated heterocycles. The predicted molar refractivity (Wildman–Crippen MR) is 63.9 cm³/mol. The van der Waals surface area contributed by atoms with Crippen molar-refractivity contribution < 1.29 is 0 Å². The molecule has 0 aliphatic carbocycles. The van der Waals surface area contributed by atoms with Crippen molar-refractivity contribution in [2.24, 2.45) is 4.99 Å². The largest absolute Gasteiger partial charge is 0.399 e. The lowest BCUT2D eigenvalue weighted by Crippen LogP contribution is -2.31. The molecule has 0 bridgehead atoms. The molecule has 0 atom stereocenters. The maximum absolute atomic E-state index is 8.64. The second-order valence-corrected chi connectivity index (χ2v) is 3.68. The number of nitrogens with two attached hydrogens (primary N) is 1. The van der Waals surface area contributed by atoms with Gasteiger partial charge in [-0.15, -0.1) is 4.99 Å². The molecule has 0 radical (unpaired) electrons. The van der Waals surface area contributed by atoms with Crippen molar-refractivity contribution in [1.29, 1.82) is 5.26 Å². The molecule has 5 nitrogen and oxygen atoms in total. The fraction of sp³-hybridized carbons (Fsp3) is 0.273. The van der Waals surface area contributed by atoms with Gasteiger partial charge in [0.25, 0.3) is 0 Å². The van der Waals surface area contributed by atoms with Gasteiger partial charge in [-0.2, -0.15) is 5.26 Å². The maximum atomic E-state index is 8.64. The highest BCUT2D eigenvalue weighted by atomic mass is 15.4. The summed E-state index contributed by atoms with van der Waals surface area (Å²) in [6.07, 6.45) is 1.83. The molecule has 1 heterocycles. The topological polar surface area (TPSA) is 68.7 Å². The molecule has 0 saturated carbocycles. The Bertz CT molecular complexity index is 442. The van der Waals surface area contributed by atoms with Crippen molar-refractivity contribution >= 4 is 17.3 Å². The van der Waals surface area contributed by atoms with Crippen LogP contribution in [0.5, 0.6) is 0 Å². The van der Waals surface area contributed by atoms with Crippen LogP contribution in [0.3, 0.4) is 0 Å². The Balaban J connectivity index is 2.31. The van der Waals surface area contributed by atoms with Crippen LogP contribution in [-0.4, -0.2) is 31.0 Å². The van der Waals surface area contributed by atoms with E-state index < -0.39 is 0 Å². The zero-order chi connectivity index (χ0) is 11.5. The summed E-state index contributed by atoms with van der Waals surface area (Å²) in [5.74, 6) is 0.687. The summed E-state index contributed by atoms with van der Waals surface area (Å²) >= 11 is 0. The minimum absolute atomic E-state index is 0.687. The Labute approximate surface area is 94.4 Å². The Morgan fingerprint density at radius 3 is 2.62 bits per heavy atom. The van der Waals surface area contributed by atoms with Gasteiger partial charge in [0, 0.05) is 31.5 Å². The van der Waals surface area contributed by atoms with E-state index in [1.54, 1.807) is 0 Å². The summed E-state index contributed by atoms with van der Waals surface area (Å²) in [7, 11) is 1.92. The quantitative estimate of drug-likeness (QED) is 0.557. The van der Waals surface area contributed by atoms with Crippen molar-refractivity contribution in [1.82, 2.24) is 4.90 Å². The number of guanidine groups is 1. The van der Waals surface area contributed by atoms with E-state index in [1.165, 1.54) is 0 Å². The van der Waals surface area contributed by atoms with Crippen LogP contribution in [0.4, 0.5) is 11.4 Å². The lowest BCUT2D eigenvalue weighted by molar-refractivity contribution is 0.563. The van der Waals surface area contributed by atoms with E-state index in [4.69, 9.17) is 11.0 Å². The summed E-state index contributed by atoms with van der Waals surface area (Å²) < 4.78 is 0. The number of benzene rings is 1. The van der Waals surface area contributed by atoms with Gasteiger partial charge in [0.1, 0.15) is 0 Å². The number of hydrogen-bond acceptors (Lipinski definition) is 3. The number of aliphatic imine (C=N–C) groups is 1. The van der Waals surface area contributed by atoms with Gasteiger partial charge in [0.15, 0.2) is 0 Å². The van der Waals surface area contributed by atoms with E-state index in [-0.39, 0.29) is 0 Å². The van der Waals surface area contributed by atoms with Crippen LogP contribution >= 0.6 is 0 Å². The summed E-state index contributed by atoms with van der Waals surface area (Å²) in [5, 5.41) is 8.64. The fourth-order valence-electron chi connectivity index (χ4n) is 1.75. The normalized spacial score (nSPS) is 17.9. The molecular weight excluding hydrogens is 202 g/mol. The SMILES string of the molecule is CN1CCN(c2ccc(N)cc2)C1=NC#N. The number of nitrogen functional groups attached to an aromatic ring is 1. The summed E-state index contributed by atoms with van der Waals surface area (Å²) in [5.41, 5.74) is 7.37. The van der Waals surface area contributed by atoms with Crippen LogP contribution in [0.25, 0.3) is 0 Å². The maximum Gasteiger partial charge on any atom is 0.216 e. The molecule has 82 valence electrons. The number of nitrogens with zero attached hydrogens (tertiary/aromatic N) is 4. The monoisotopic (exact) mass is 215 g/mol. The van der Waals surface area contributed by atoms with E-state index in [0.29, 0.717) is 5.96 Å². The average molecular weight is 215 g/mol. The molecule has 5 heteroatoms. The molecule has 16 heavy (non-hydrogen) atoms. The first kappa shape index (κ1) is 10.3. The molecule has 2 rings (SSSR count). The van der Waals surface area contributed by atoms with Crippen LogP contribution in [0.2, 0.25) is 0 Å². The molecular formula is C11H13N5. The van der Waals surface area contributed by atoms with Crippen LogP contribution in [0.15, 0.2) is 29.3 Å². The predicted octanol–water partition coefficient (Wildman–Crippen LogP) is 0.858. The molecule has 0 unspecified atom stereocenters. The Morgan fingerprint density at radius 1 is 1.31 bits per heavy atom. The Kier molecular flexibility index (Phi) is 2.64. The molecule has 1 aromatic rings. The molecule has 0 aromatic heterocycles. The number of anilines is 2. The first-order chi connectivity index (χ1) is 7.72. The Morgan fingerprint density at radius 2 is 2.00 bits per heavy atom. The zero-order valence-corrected chi connectivity index (χ0v) is 9.09. The van der Waals surface area contributed by atoms with Crippen molar-refractivity contribution in [3.8, 4) is 6.19 Å². The van der Waals surface area contributed by atoms with E-state index in [0.717, 1.165) is 24.5 Å². The van der Waals surface area contributed by atoms with Gasteiger partial charge >= 0.3 is 0 Å². The van der Waals surface area contributed by atoms with E-state index in [1.807, 2.05) is 47.3 Å². The van der Waals surface area contributed by atoms with Gasteiger partial charge in [-0.1, -0.05) is 0 Å². The molecule has 1 aliphatic rings. The van der Waals surface area contributed by atoms with Crippen molar-refractivity contribution in [2.45, 2.75) is 0 Å². The second-order valence-electron chi connectivity index (χ2n) is 3.68. The fourth-order valence-corrected chi connectivity index (χ4v) is 1.75. The summed E-state index contributed by atoms with van der Waals surface area (Å²) in [6, 6.07) is 7.55. The summed E-state index contributed by atoms with van der Waals surface area (Å²) in [4.78, 5) is 7.79. The van der Waals surface area contributed by atoms with Gasteiger partial charge in [-0.05, 0) is 24.3 Å². The van der Waals surface area contributed by atoms with Gasteiger partial charge in [0.05, 0.1) is 0 Å². The van der Waals surface area contributed by atoms with Gasteiger partial charge < -0.3 is 15.5 Å². The van der Waals surface area contributed by atoms with E-state index in [2.05, 4.69) is 4.99 Å². The third-order valence-corrected chi connectivity index (χ3v) is 2.60. The molecule has 0 amide bonds. The smallest absolute Gasteiger partial charge is 0.216 e. The standard InChI is InChI=1S/C11H13N5/c1-15-6-7-16(11(15)14-8-12)10-4-2-9(13)3-5-10/h2-5H,6-7,13H2,1H3. The van der Waals surface area contributed by atoms with E-state index in [9.17, 15) is 0 Å². The highest BCUT2D eigenvalue weighted by molar-refractivity contribution is 5.98. The lowest BCUT2D eigenvalue weighted by atomic mass is 10.2. The van der Waals surface area contributed by atoms with Crippen molar-refractivity contribution in [2.75, 3.05) is 30.8 Å². The molecule has 1 aliphatic heterocycles. The number of rotatable bonds is 1. The molecule has 1 fully saturated rings. The van der Waals surface area contributed by atoms with Crippen LogP contribution in [0.1, 0.15) is 0 Å². The van der Waals surface area contributed by atoms with Crippen molar-refractivity contribution in [3.05, 3.63) is 24.3 Å². The lowest BCUT2D eigenvalue weighted by Gasteiger charge is -2.19. The van der Waals surface area contributed by atoms with Gasteiger partial charge in [-0.25, -0.2) is 0 Å². The van der Waals surface area contributed by atoms with Gasteiger partial charge in [-0.3, -0.25) is 0 Å². The molecule has 1 aromatic carbocycles. The van der Waals surface area contributed by atoms with Crippen LogP contribution in [0, 0.1) is 11.5 Å². The minimum Gasteiger partial charge on any atom is -0.399 e. The number of hydrogen-bond donors (Lipinski definition) is 1. The highest BCUT2D eigenvalue weighted by Gasteiger charge is 2.24. The second kappa shape index (κ2) is 4.11. The van der Waals surface area contributed by atoms with Crippen LogP contribution in [-0.2, 0) is 0 Å². The Hall–Kier alpha value is -2.22. The van der Waals surface area contributed by atoms with E-state index >= 15 is 0 Å². The average Bonchev–Trinajstić information content (AvgIpc) is 2.63. The zero-order valence-electron chi connectivity index (χ0n) is 9.09. The van der Waals surface area contributed by atoms with Crippen molar-refractivity contribution in [3.63, 3.8) is 0 Å². The summed E-state index contributed by atoms with van der Waals surface area (Å²) in [6.45, 7) is 1.70. The first-order valence-corrected chi connectivity index (χ1v) is 5.03.